The highest BCUT2D eigenvalue weighted by Crippen LogP contribution is 2.47. The van der Waals surface area contributed by atoms with Crippen molar-refractivity contribution in [1.82, 2.24) is 29.3 Å². The molecule has 55 heavy (non-hydrogen) atoms. The number of carbonyl (C=O) groups excluding carboxylic acids is 1. The Kier molecular flexibility index (Phi) is 8.77. The maximum absolute atomic E-state index is 16.2. The van der Waals surface area contributed by atoms with E-state index in [2.05, 4.69) is 30.3 Å². The molecule has 18 heteroatoms. The molecule has 4 aromatic heterocycles. The van der Waals surface area contributed by atoms with Crippen LogP contribution in [0.1, 0.15) is 20.9 Å². The van der Waals surface area contributed by atoms with Gasteiger partial charge in [0.05, 0.1) is 46.7 Å². The van der Waals surface area contributed by atoms with E-state index in [0.717, 1.165) is 70.5 Å². The number of hydrogen-bond acceptors (Lipinski definition) is 11. The van der Waals surface area contributed by atoms with Crippen molar-refractivity contribution in [3.8, 4) is 11.4 Å². The van der Waals surface area contributed by atoms with E-state index in [1.54, 1.807) is 18.2 Å². The molecule has 5 heterocycles. The summed E-state index contributed by atoms with van der Waals surface area (Å²) >= 11 is 0.948. The number of thiophene rings is 1. The summed E-state index contributed by atoms with van der Waals surface area (Å²) in [5.41, 5.74) is 2.65. The van der Waals surface area contributed by atoms with Crippen molar-refractivity contribution in [2.45, 2.75) is 18.1 Å². The minimum atomic E-state index is -4.28. The summed E-state index contributed by atoms with van der Waals surface area (Å²) < 4.78 is 69.1. The first kappa shape index (κ1) is 35.4. The van der Waals surface area contributed by atoms with Gasteiger partial charge in [-0.25, -0.2) is 23.4 Å². The molecular formula is C37H27F4N9O4S. The van der Waals surface area contributed by atoms with Crippen molar-refractivity contribution < 1.29 is 32.2 Å². The monoisotopic (exact) mass is 769 g/mol. The summed E-state index contributed by atoms with van der Waals surface area (Å²) in [7, 11) is 0. The standard InChI is InChI=1S/C37H27F4N9O4S/c38-21-6-9-25(26(39)14-21)36(53,18-48-20-43-19-45-48)37(40,41)31-11-7-22(17-44-31)46-33(51)30-16-28-34(55-30)47-32(42)35(52)50(28)24-8-10-29-27(15-24)49(12-13-54-29)23-4-2-1-3-5-23/h1-11,14-17,19-20,53H,12-13,18H2,(H2,42,47)(H,46,51). The number of halogens is 4. The van der Waals surface area contributed by atoms with Gasteiger partial charge in [0, 0.05) is 17.3 Å². The van der Waals surface area contributed by atoms with E-state index >= 15 is 8.78 Å². The topological polar surface area (TPSA) is 166 Å². The molecule has 3 aromatic carbocycles. The molecule has 1 amide bonds. The van der Waals surface area contributed by atoms with Gasteiger partial charge in [-0.05, 0) is 60.7 Å². The van der Waals surface area contributed by atoms with Crippen LogP contribution in [0.25, 0.3) is 16.0 Å². The lowest BCUT2D eigenvalue weighted by atomic mass is 9.84. The van der Waals surface area contributed by atoms with Gasteiger partial charge in [0.2, 0.25) is 0 Å². The molecule has 1 unspecified atom stereocenters. The summed E-state index contributed by atoms with van der Waals surface area (Å²) in [5, 5.41) is 17.8. The van der Waals surface area contributed by atoms with E-state index < -0.39 is 52.4 Å². The molecule has 8 rings (SSSR count). The summed E-state index contributed by atoms with van der Waals surface area (Å²) in [5.74, 6) is -7.06. The number of nitrogens with one attached hydrogen (secondary N) is 1. The quantitative estimate of drug-likeness (QED) is 0.154. The third kappa shape index (κ3) is 6.29. The van der Waals surface area contributed by atoms with Gasteiger partial charge < -0.3 is 25.8 Å². The van der Waals surface area contributed by atoms with Gasteiger partial charge in [-0.15, -0.1) is 11.3 Å². The smallest absolute Gasteiger partial charge is 0.323 e. The summed E-state index contributed by atoms with van der Waals surface area (Å²) in [4.78, 5) is 41.1. The van der Waals surface area contributed by atoms with Crippen molar-refractivity contribution in [2.24, 2.45) is 0 Å². The molecule has 1 atom stereocenters. The van der Waals surface area contributed by atoms with Crippen LogP contribution in [-0.2, 0) is 18.1 Å². The first-order chi connectivity index (χ1) is 26.4. The van der Waals surface area contributed by atoms with Gasteiger partial charge in [0.15, 0.2) is 11.4 Å². The molecule has 0 fully saturated rings. The molecule has 278 valence electrons. The molecule has 0 spiro atoms. The second kappa shape index (κ2) is 13.6. The average molecular weight is 770 g/mol. The van der Waals surface area contributed by atoms with E-state index in [4.69, 9.17) is 10.5 Å². The molecule has 0 aliphatic carbocycles. The predicted octanol–water partition coefficient (Wildman–Crippen LogP) is 5.76. The lowest BCUT2D eigenvalue weighted by Gasteiger charge is -2.36. The molecule has 0 bridgehead atoms. The number of para-hydroxylation sites is 1. The van der Waals surface area contributed by atoms with Crippen LogP contribution in [-0.4, -0.2) is 53.5 Å². The number of nitrogens with zero attached hydrogens (tertiary/aromatic N) is 7. The first-order valence-electron chi connectivity index (χ1n) is 16.5. The minimum Gasteiger partial charge on any atom is -0.490 e. The number of nitrogens with two attached hydrogens (primary N) is 1. The molecule has 7 aromatic rings. The Labute approximate surface area is 311 Å². The predicted molar refractivity (Wildman–Crippen MR) is 195 cm³/mol. The van der Waals surface area contributed by atoms with Crippen LogP contribution < -0.4 is 26.2 Å². The molecular weight excluding hydrogens is 743 g/mol. The van der Waals surface area contributed by atoms with Crippen LogP contribution in [0.4, 0.5) is 40.4 Å². The Morgan fingerprint density at radius 3 is 2.56 bits per heavy atom. The number of amides is 1. The van der Waals surface area contributed by atoms with E-state index in [0.29, 0.717) is 36.2 Å². The number of nitrogen functional groups attached to an aromatic ring is 1. The molecule has 0 saturated carbocycles. The highest BCUT2D eigenvalue weighted by molar-refractivity contribution is 7.20. The number of fused-ring (bicyclic) bond motifs is 2. The van der Waals surface area contributed by atoms with Gasteiger partial charge >= 0.3 is 5.92 Å². The zero-order valence-electron chi connectivity index (χ0n) is 28.2. The van der Waals surface area contributed by atoms with Crippen molar-refractivity contribution in [1.29, 1.82) is 0 Å². The first-order valence-corrected chi connectivity index (χ1v) is 17.3. The average Bonchev–Trinajstić information content (AvgIpc) is 3.85. The number of anilines is 4. The largest absolute Gasteiger partial charge is 0.490 e. The zero-order chi connectivity index (χ0) is 38.5. The third-order valence-corrected chi connectivity index (χ3v) is 10.0. The Hall–Kier alpha value is -6.66. The summed E-state index contributed by atoms with van der Waals surface area (Å²) in [6.07, 6.45) is 3.02. The fraction of sp³-hybridized carbons (Fsp3) is 0.135. The number of ether oxygens (including phenoxy) is 1. The lowest BCUT2D eigenvalue weighted by molar-refractivity contribution is -0.207. The van der Waals surface area contributed by atoms with Gasteiger partial charge in [-0.3, -0.25) is 19.1 Å². The maximum atomic E-state index is 16.2. The van der Waals surface area contributed by atoms with Gasteiger partial charge in [-0.2, -0.15) is 13.9 Å². The number of aromatic nitrogens is 6. The van der Waals surface area contributed by atoms with Crippen LogP contribution in [0.5, 0.6) is 5.75 Å². The van der Waals surface area contributed by atoms with Crippen LogP contribution >= 0.6 is 11.3 Å². The lowest BCUT2D eigenvalue weighted by Crippen LogP contribution is -2.48. The molecule has 1 aliphatic heterocycles. The van der Waals surface area contributed by atoms with Crippen molar-refractivity contribution >= 4 is 50.5 Å². The number of aliphatic hydroxyl groups is 1. The van der Waals surface area contributed by atoms with Crippen molar-refractivity contribution in [3.05, 3.63) is 142 Å². The van der Waals surface area contributed by atoms with Gasteiger partial charge in [0.25, 0.3) is 11.5 Å². The van der Waals surface area contributed by atoms with Crippen molar-refractivity contribution in [2.75, 3.05) is 29.1 Å². The molecule has 0 saturated heterocycles. The Morgan fingerprint density at radius 2 is 1.84 bits per heavy atom. The number of carbonyl (C=O) groups is 1. The number of benzene rings is 3. The molecule has 4 N–H and O–H groups in total. The number of alkyl halides is 2. The van der Waals surface area contributed by atoms with E-state index in [9.17, 15) is 23.5 Å². The van der Waals surface area contributed by atoms with Crippen LogP contribution in [0.3, 0.4) is 0 Å². The Morgan fingerprint density at radius 1 is 1.02 bits per heavy atom. The Balaban J connectivity index is 1.09. The minimum absolute atomic E-state index is 0.00432. The van der Waals surface area contributed by atoms with E-state index in [1.165, 1.54) is 10.6 Å². The summed E-state index contributed by atoms with van der Waals surface area (Å²) in [6, 6.07) is 20.2. The number of pyridine rings is 1. The SMILES string of the molecule is Nc1nc2sc(C(=O)Nc3ccc(C(F)(F)C(O)(Cn4cncn4)c4ccc(F)cc4F)nc3)cc2n(-c2ccc3c(c2)N(c2ccccc2)CCO3)c1=O. The normalized spacial score (nSPS) is 13.9. The van der Waals surface area contributed by atoms with Gasteiger partial charge in [0.1, 0.15) is 47.2 Å². The number of hydrogen-bond donors (Lipinski definition) is 3. The molecule has 0 radical (unpaired) electrons. The second-order valence-corrected chi connectivity index (χ2v) is 13.5. The second-order valence-electron chi connectivity index (χ2n) is 12.5. The van der Waals surface area contributed by atoms with E-state index in [1.807, 2.05) is 30.3 Å². The summed E-state index contributed by atoms with van der Waals surface area (Å²) in [6.45, 7) is 0.0541. The van der Waals surface area contributed by atoms with Crippen LogP contribution in [0.15, 0.2) is 109 Å². The Bertz CT molecular complexity index is 2620. The molecule has 13 nitrogen and oxygen atoms in total. The zero-order valence-corrected chi connectivity index (χ0v) is 29.1. The van der Waals surface area contributed by atoms with Gasteiger partial charge in [-0.1, -0.05) is 18.2 Å². The highest BCUT2D eigenvalue weighted by Gasteiger charge is 2.58. The third-order valence-electron chi connectivity index (χ3n) is 9.03. The van der Waals surface area contributed by atoms with E-state index in [-0.39, 0.29) is 21.2 Å². The molecule has 1 aliphatic rings. The van der Waals surface area contributed by atoms with Crippen LogP contribution in [0, 0.1) is 11.6 Å². The number of rotatable bonds is 9. The van der Waals surface area contributed by atoms with Crippen LogP contribution in [0.2, 0.25) is 0 Å². The maximum Gasteiger partial charge on any atom is 0.323 e. The van der Waals surface area contributed by atoms with Crippen molar-refractivity contribution in [3.63, 3.8) is 0 Å². The highest BCUT2D eigenvalue weighted by atomic mass is 32.1. The fourth-order valence-electron chi connectivity index (χ4n) is 6.37. The fourth-order valence-corrected chi connectivity index (χ4v) is 7.29.